The molecule has 0 atom stereocenters. The Morgan fingerprint density at radius 2 is 2.70 bits per heavy atom. The van der Waals surface area contributed by atoms with Gasteiger partial charge in [-0.25, -0.2) is 0 Å². The molecule has 0 amide bonds. The number of rotatable bonds is 2. The van der Waals surface area contributed by atoms with Crippen LogP contribution in [0.5, 0.6) is 0 Å². The molecule has 0 bridgehead atoms. The molecule has 0 spiro atoms. The highest BCUT2D eigenvalue weighted by atomic mass is 15.3. The van der Waals surface area contributed by atoms with E-state index in [1.807, 2.05) is 13.1 Å². The van der Waals surface area contributed by atoms with Crippen molar-refractivity contribution < 1.29 is 0 Å². The lowest BCUT2D eigenvalue weighted by Gasteiger charge is -1.95. The molecular weight excluding hydrogens is 128 g/mol. The van der Waals surface area contributed by atoms with Gasteiger partial charge in [0.15, 0.2) is 0 Å². The summed E-state index contributed by atoms with van der Waals surface area (Å²) in [6.45, 7) is 0.641. The van der Waals surface area contributed by atoms with Gasteiger partial charge in [0.1, 0.15) is 6.07 Å². The molecule has 10 heavy (non-hydrogen) atoms. The third kappa shape index (κ3) is 1.33. The maximum Gasteiger partial charge on any atom is 0.102 e. The molecule has 52 valence electrons. The van der Waals surface area contributed by atoms with Crippen LogP contribution in [0.25, 0.3) is 0 Å². The smallest absolute Gasteiger partial charge is 0.102 e. The number of nitrogens with zero attached hydrogens (tertiary/aromatic N) is 3. The lowest BCUT2D eigenvalue weighted by molar-refractivity contribution is 0.555. The fraction of sp³-hybridized carbons (Fsp3) is 0.333. The first-order chi connectivity index (χ1) is 4.86. The minimum Gasteiger partial charge on any atom is -0.301 e. The molecule has 0 aliphatic carbocycles. The van der Waals surface area contributed by atoms with E-state index < -0.39 is 0 Å². The molecule has 0 radical (unpaired) electrons. The molecule has 0 aromatic carbocycles. The van der Waals surface area contributed by atoms with E-state index >= 15 is 0 Å². The quantitative estimate of drug-likeness (QED) is 0.619. The zero-order valence-electron chi connectivity index (χ0n) is 5.70. The number of nitriles is 1. The molecule has 1 heterocycles. The average molecular weight is 136 g/mol. The van der Waals surface area contributed by atoms with Crippen LogP contribution >= 0.6 is 0 Å². The van der Waals surface area contributed by atoms with E-state index in [-0.39, 0.29) is 0 Å². The Balaban J connectivity index is 2.71. The second-order valence-electron chi connectivity index (χ2n) is 1.89. The molecule has 0 fully saturated rings. The first-order valence-electron chi connectivity index (χ1n) is 2.94. The summed E-state index contributed by atoms with van der Waals surface area (Å²) in [5, 5.41) is 15.2. The van der Waals surface area contributed by atoms with Crippen LogP contribution in [0.4, 0.5) is 0 Å². The summed E-state index contributed by atoms with van der Waals surface area (Å²) >= 11 is 0. The molecule has 1 aromatic heterocycles. The fourth-order valence-electron chi connectivity index (χ4n) is 0.670. The Hall–Kier alpha value is -1.34. The van der Waals surface area contributed by atoms with Crippen LogP contribution in [0.2, 0.25) is 0 Å². The van der Waals surface area contributed by atoms with Crippen molar-refractivity contribution in [1.29, 1.82) is 5.26 Å². The Morgan fingerprint density at radius 3 is 3.20 bits per heavy atom. The van der Waals surface area contributed by atoms with Gasteiger partial charge in [0.2, 0.25) is 0 Å². The molecule has 0 aliphatic rings. The molecule has 0 saturated carbocycles. The number of nitrogens with one attached hydrogen (secondary N) is 1. The summed E-state index contributed by atoms with van der Waals surface area (Å²) in [6, 6.07) is 1.99. The van der Waals surface area contributed by atoms with Crippen molar-refractivity contribution in [1.82, 2.24) is 15.1 Å². The van der Waals surface area contributed by atoms with Crippen molar-refractivity contribution >= 4 is 0 Å². The van der Waals surface area contributed by atoms with Gasteiger partial charge < -0.3 is 5.32 Å². The van der Waals surface area contributed by atoms with Crippen LogP contribution < -0.4 is 5.32 Å². The van der Waals surface area contributed by atoms with E-state index in [0.29, 0.717) is 12.2 Å². The van der Waals surface area contributed by atoms with E-state index in [9.17, 15) is 0 Å². The first kappa shape index (κ1) is 6.78. The standard InChI is InChI=1S/C6H8N4/c1-8-5-10-4-6(2-7)3-9-10/h3-4,8H,5H2,1H3. The van der Waals surface area contributed by atoms with Crippen molar-refractivity contribution in [2.75, 3.05) is 7.05 Å². The van der Waals surface area contributed by atoms with Gasteiger partial charge in [-0.3, -0.25) is 4.68 Å². The molecule has 4 nitrogen and oxygen atoms in total. The van der Waals surface area contributed by atoms with Crippen molar-refractivity contribution in [3.05, 3.63) is 18.0 Å². The normalized spacial score (nSPS) is 9.20. The Kier molecular flexibility index (Phi) is 2.03. The molecule has 4 heteroatoms. The number of aromatic nitrogens is 2. The summed E-state index contributed by atoms with van der Waals surface area (Å²) in [5.74, 6) is 0. The molecule has 1 aromatic rings. The maximum atomic E-state index is 8.40. The van der Waals surface area contributed by atoms with E-state index in [1.54, 1.807) is 10.9 Å². The second-order valence-corrected chi connectivity index (χ2v) is 1.89. The summed E-state index contributed by atoms with van der Waals surface area (Å²) in [6.07, 6.45) is 3.23. The zero-order valence-corrected chi connectivity index (χ0v) is 5.70. The van der Waals surface area contributed by atoms with Crippen LogP contribution in [0, 0.1) is 11.3 Å². The van der Waals surface area contributed by atoms with Gasteiger partial charge in [-0.1, -0.05) is 0 Å². The SMILES string of the molecule is CNCn1cc(C#N)cn1. The Morgan fingerprint density at radius 1 is 1.90 bits per heavy atom. The summed E-state index contributed by atoms with van der Waals surface area (Å²) in [4.78, 5) is 0. The summed E-state index contributed by atoms with van der Waals surface area (Å²) in [7, 11) is 1.83. The predicted octanol–water partition coefficient (Wildman–Crippen LogP) is -0.0683. The van der Waals surface area contributed by atoms with E-state index in [4.69, 9.17) is 5.26 Å². The van der Waals surface area contributed by atoms with Gasteiger partial charge in [0, 0.05) is 6.20 Å². The molecular formula is C6H8N4. The lowest BCUT2D eigenvalue weighted by atomic mass is 10.4. The van der Waals surface area contributed by atoms with Crippen LogP contribution in [0.15, 0.2) is 12.4 Å². The highest BCUT2D eigenvalue weighted by Gasteiger charge is 1.92. The summed E-state index contributed by atoms with van der Waals surface area (Å²) in [5.41, 5.74) is 0.593. The average Bonchev–Trinajstić information content (AvgIpc) is 2.37. The highest BCUT2D eigenvalue weighted by Crippen LogP contribution is 1.92. The zero-order chi connectivity index (χ0) is 7.40. The van der Waals surface area contributed by atoms with Crippen LogP contribution in [0.3, 0.4) is 0 Å². The predicted molar refractivity (Wildman–Crippen MR) is 36.0 cm³/mol. The van der Waals surface area contributed by atoms with Crippen molar-refractivity contribution in [2.24, 2.45) is 0 Å². The largest absolute Gasteiger partial charge is 0.301 e. The van der Waals surface area contributed by atoms with Gasteiger partial charge in [-0.15, -0.1) is 0 Å². The molecule has 0 aliphatic heterocycles. The Labute approximate surface area is 59.1 Å². The molecule has 0 unspecified atom stereocenters. The topological polar surface area (TPSA) is 53.6 Å². The number of hydrogen-bond acceptors (Lipinski definition) is 3. The second kappa shape index (κ2) is 2.99. The van der Waals surface area contributed by atoms with Crippen molar-refractivity contribution in [3.8, 4) is 6.07 Å². The maximum absolute atomic E-state index is 8.40. The van der Waals surface area contributed by atoms with Gasteiger partial charge in [0.05, 0.1) is 18.4 Å². The van der Waals surface area contributed by atoms with Crippen LogP contribution in [-0.4, -0.2) is 16.8 Å². The van der Waals surface area contributed by atoms with E-state index in [2.05, 4.69) is 10.4 Å². The molecule has 1 rings (SSSR count). The number of hydrogen-bond donors (Lipinski definition) is 1. The summed E-state index contributed by atoms with van der Waals surface area (Å²) < 4.78 is 1.67. The molecule has 0 saturated heterocycles. The van der Waals surface area contributed by atoms with E-state index in [1.165, 1.54) is 6.20 Å². The van der Waals surface area contributed by atoms with E-state index in [0.717, 1.165) is 0 Å². The van der Waals surface area contributed by atoms with Gasteiger partial charge in [0.25, 0.3) is 0 Å². The van der Waals surface area contributed by atoms with Crippen LogP contribution in [-0.2, 0) is 6.67 Å². The lowest BCUT2D eigenvalue weighted by Crippen LogP contribution is -2.12. The Bertz CT molecular complexity index is 244. The van der Waals surface area contributed by atoms with Gasteiger partial charge >= 0.3 is 0 Å². The first-order valence-corrected chi connectivity index (χ1v) is 2.94. The third-order valence-corrected chi connectivity index (χ3v) is 1.08. The van der Waals surface area contributed by atoms with Crippen molar-refractivity contribution in [3.63, 3.8) is 0 Å². The van der Waals surface area contributed by atoms with Crippen molar-refractivity contribution in [2.45, 2.75) is 6.67 Å². The van der Waals surface area contributed by atoms with Gasteiger partial charge in [-0.05, 0) is 7.05 Å². The third-order valence-electron chi connectivity index (χ3n) is 1.08. The highest BCUT2D eigenvalue weighted by molar-refractivity contribution is 5.21. The van der Waals surface area contributed by atoms with Crippen LogP contribution in [0.1, 0.15) is 5.56 Å². The fourth-order valence-corrected chi connectivity index (χ4v) is 0.670. The van der Waals surface area contributed by atoms with Gasteiger partial charge in [-0.2, -0.15) is 10.4 Å². The molecule has 1 N–H and O–H groups in total. The minimum absolute atomic E-state index is 0.593. The minimum atomic E-state index is 0.593. The monoisotopic (exact) mass is 136 g/mol.